The van der Waals surface area contributed by atoms with Crippen LogP contribution in [0.3, 0.4) is 0 Å². The number of pyridine rings is 1. The molecule has 0 amide bonds. The molecule has 0 radical (unpaired) electrons. The predicted molar refractivity (Wildman–Crippen MR) is 74.3 cm³/mol. The molecule has 1 unspecified atom stereocenters. The van der Waals surface area contributed by atoms with E-state index in [1.165, 1.54) is 0 Å². The average molecular weight is 260 g/mol. The normalized spacial score (nSPS) is 12.4. The lowest BCUT2D eigenvalue weighted by atomic mass is 10.1. The van der Waals surface area contributed by atoms with Gasteiger partial charge >= 0.3 is 0 Å². The number of nitrogens with two attached hydrogens (primary N) is 1. The Balaban J connectivity index is 2.12. The molecule has 2 heterocycles. The van der Waals surface area contributed by atoms with E-state index in [1.54, 1.807) is 6.20 Å². The van der Waals surface area contributed by atoms with E-state index < -0.39 is 0 Å². The van der Waals surface area contributed by atoms with Crippen molar-refractivity contribution < 1.29 is 4.74 Å². The minimum atomic E-state index is 0.135. The number of aromatic nitrogens is 3. The van der Waals surface area contributed by atoms with Gasteiger partial charge in [-0.1, -0.05) is 0 Å². The van der Waals surface area contributed by atoms with E-state index in [0.717, 1.165) is 24.1 Å². The van der Waals surface area contributed by atoms with Crippen LogP contribution in [0.15, 0.2) is 24.7 Å². The van der Waals surface area contributed by atoms with E-state index in [-0.39, 0.29) is 6.04 Å². The smallest absolute Gasteiger partial charge is 0.222 e. The largest absolute Gasteiger partial charge is 0.435 e. The Kier molecular flexibility index (Phi) is 4.16. The van der Waals surface area contributed by atoms with Gasteiger partial charge in [0.15, 0.2) is 5.75 Å². The SMILES string of the molecule is CCn1cc(Oc2ncc(CC(C)N)cc2C)cn1. The van der Waals surface area contributed by atoms with Crippen molar-refractivity contribution in [2.24, 2.45) is 5.73 Å². The Labute approximate surface area is 113 Å². The highest BCUT2D eigenvalue weighted by atomic mass is 16.5. The first kappa shape index (κ1) is 13.5. The highest BCUT2D eigenvalue weighted by molar-refractivity contribution is 5.32. The van der Waals surface area contributed by atoms with Gasteiger partial charge in [0.05, 0.1) is 12.4 Å². The minimum absolute atomic E-state index is 0.135. The highest BCUT2D eigenvalue weighted by Gasteiger charge is 2.07. The second-order valence-electron chi connectivity index (χ2n) is 4.78. The maximum Gasteiger partial charge on any atom is 0.222 e. The average Bonchev–Trinajstić information content (AvgIpc) is 2.80. The molecule has 0 aliphatic heterocycles. The van der Waals surface area contributed by atoms with E-state index >= 15 is 0 Å². The van der Waals surface area contributed by atoms with Crippen LogP contribution < -0.4 is 10.5 Å². The summed E-state index contributed by atoms with van der Waals surface area (Å²) >= 11 is 0. The summed E-state index contributed by atoms with van der Waals surface area (Å²) in [6.45, 7) is 6.82. The zero-order chi connectivity index (χ0) is 13.8. The molecule has 0 spiro atoms. The fraction of sp³-hybridized carbons (Fsp3) is 0.429. The zero-order valence-electron chi connectivity index (χ0n) is 11.6. The fourth-order valence-corrected chi connectivity index (χ4v) is 1.89. The van der Waals surface area contributed by atoms with Crippen LogP contribution in [0.25, 0.3) is 0 Å². The molecule has 2 N–H and O–H groups in total. The quantitative estimate of drug-likeness (QED) is 0.895. The monoisotopic (exact) mass is 260 g/mol. The summed E-state index contributed by atoms with van der Waals surface area (Å²) in [4.78, 5) is 4.35. The molecule has 0 saturated carbocycles. The summed E-state index contributed by atoms with van der Waals surface area (Å²) in [6.07, 6.45) is 6.19. The van der Waals surface area contributed by atoms with E-state index in [2.05, 4.69) is 16.1 Å². The third-order valence-corrected chi connectivity index (χ3v) is 2.79. The lowest BCUT2D eigenvalue weighted by Gasteiger charge is -2.09. The molecule has 5 nitrogen and oxygen atoms in total. The summed E-state index contributed by atoms with van der Waals surface area (Å²) in [5, 5.41) is 4.16. The third-order valence-electron chi connectivity index (χ3n) is 2.79. The van der Waals surface area contributed by atoms with Crippen LogP contribution in [0.5, 0.6) is 11.6 Å². The predicted octanol–water partition coefficient (Wildman–Crippen LogP) is 2.29. The first-order chi connectivity index (χ1) is 9.08. The summed E-state index contributed by atoms with van der Waals surface area (Å²) in [6, 6.07) is 2.20. The van der Waals surface area contributed by atoms with Crippen molar-refractivity contribution in [1.82, 2.24) is 14.8 Å². The van der Waals surface area contributed by atoms with E-state index in [0.29, 0.717) is 11.6 Å². The molecule has 2 aromatic rings. The van der Waals surface area contributed by atoms with Crippen molar-refractivity contribution in [2.75, 3.05) is 0 Å². The van der Waals surface area contributed by atoms with Gasteiger partial charge in [-0.3, -0.25) is 4.68 Å². The number of rotatable bonds is 5. The summed E-state index contributed by atoms with van der Waals surface area (Å²) in [5.74, 6) is 1.32. The van der Waals surface area contributed by atoms with E-state index in [9.17, 15) is 0 Å². The van der Waals surface area contributed by atoms with E-state index in [1.807, 2.05) is 37.8 Å². The van der Waals surface area contributed by atoms with Gasteiger partial charge in [-0.2, -0.15) is 5.10 Å². The number of nitrogens with zero attached hydrogens (tertiary/aromatic N) is 3. The first-order valence-electron chi connectivity index (χ1n) is 6.50. The number of ether oxygens (including phenoxy) is 1. The van der Waals surface area contributed by atoms with Crippen molar-refractivity contribution >= 4 is 0 Å². The van der Waals surface area contributed by atoms with Gasteiger partial charge in [0.25, 0.3) is 0 Å². The van der Waals surface area contributed by atoms with Gasteiger partial charge in [-0.15, -0.1) is 0 Å². The molecule has 0 fully saturated rings. The Bertz CT molecular complexity index is 548. The molecular weight excluding hydrogens is 240 g/mol. The molecule has 0 aromatic carbocycles. The molecular formula is C14H20N4O. The van der Waals surface area contributed by atoms with Crippen LogP contribution in [-0.2, 0) is 13.0 Å². The third kappa shape index (κ3) is 3.54. The Morgan fingerprint density at radius 3 is 2.79 bits per heavy atom. The van der Waals surface area contributed by atoms with Crippen LogP contribution in [0.4, 0.5) is 0 Å². The molecule has 0 saturated heterocycles. The summed E-state index contributed by atoms with van der Waals surface area (Å²) in [7, 11) is 0. The second kappa shape index (κ2) is 5.84. The maximum atomic E-state index is 5.78. The summed E-state index contributed by atoms with van der Waals surface area (Å²) in [5.41, 5.74) is 7.92. The van der Waals surface area contributed by atoms with Crippen LogP contribution in [0.1, 0.15) is 25.0 Å². The molecule has 2 rings (SSSR count). The van der Waals surface area contributed by atoms with Crippen LogP contribution in [0, 0.1) is 6.92 Å². The molecule has 0 aliphatic carbocycles. The number of hydrogen-bond donors (Lipinski definition) is 1. The lowest BCUT2D eigenvalue weighted by molar-refractivity contribution is 0.457. The van der Waals surface area contributed by atoms with Gasteiger partial charge in [0.1, 0.15) is 0 Å². The molecule has 5 heteroatoms. The van der Waals surface area contributed by atoms with Crippen molar-refractivity contribution in [2.45, 2.75) is 39.8 Å². The number of hydrogen-bond acceptors (Lipinski definition) is 4. The van der Waals surface area contributed by atoms with Crippen molar-refractivity contribution in [3.8, 4) is 11.6 Å². The van der Waals surface area contributed by atoms with Gasteiger partial charge in [0, 0.05) is 24.3 Å². The lowest BCUT2D eigenvalue weighted by Crippen LogP contribution is -2.17. The molecule has 0 aliphatic rings. The van der Waals surface area contributed by atoms with Gasteiger partial charge < -0.3 is 10.5 Å². The van der Waals surface area contributed by atoms with E-state index in [4.69, 9.17) is 10.5 Å². The zero-order valence-corrected chi connectivity index (χ0v) is 11.6. The Morgan fingerprint density at radius 2 is 2.21 bits per heavy atom. The molecule has 2 aromatic heterocycles. The standard InChI is InChI=1S/C14H20N4O/c1-4-18-9-13(8-17-18)19-14-10(2)5-12(7-16-14)6-11(3)15/h5,7-9,11H,4,6,15H2,1-3H3. The Hall–Kier alpha value is -1.88. The van der Waals surface area contributed by atoms with Gasteiger partial charge in [0.2, 0.25) is 5.88 Å². The van der Waals surface area contributed by atoms with Crippen molar-refractivity contribution in [1.29, 1.82) is 0 Å². The molecule has 1 atom stereocenters. The first-order valence-corrected chi connectivity index (χ1v) is 6.50. The minimum Gasteiger partial charge on any atom is -0.435 e. The Morgan fingerprint density at radius 1 is 1.42 bits per heavy atom. The van der Waals surface area contributed by atoms with Crippen LogP contribution in [-0.4, -0.2) is 20.8 Å². The van der Waals surface area contributed by atoms with Gasteiger partial charge in [-0.25, -0.2) is 4.98 Å². The van der Waals surface area contributed by atoms with Crippen LogP contribution >= 0.6 is 0 Å². The van der Waals surface area contributed by atoms with Crippen molar-refractivity contribution in [3.63, 3.8) is 0 Å². The summed E-state index contributed by atoms with van der Waals surface area (Å²) < 4.78 is 7.54. The molecule has 102 valence electrons. The fourth-order valence-electron chi connectivity index (χ4n) is 1.89. The maximum absolute atomic E-state index is 5.78. The topological polar surface area (TPSA) is 66.0 Å². The second-order valence-corrected chi connectivity index (χ2v) is 4.78. The molecule has 0 bridgehead atoms. The number of aryl methyl sites for hydroxylation is 2. The van der Waals surface area contributed by atoms with Gasteiger partial charge in [-0.05, 0) is 38.8 Å². The highest BCUT2D eigenvalue weighted by Crippen LogP contribution is 2.23. The van der Waals surface area contributed by atoms with Crippen molar-refractivity contribution in [3.05, 3.63) is 35.8 Å². The van der Waals surface area contributed by atoms with Crippen LogP contribution in [0.2, 0.25) is 0 Å². The molecule has 19 heavy (non-hydrogen) atoms.